The molecule has 0 unspecified atom stereocenters. The van der Waals surface area contributed by atoms with Gasteiger partial charge in [0.15, 0.2) is 5.82 Å². The van der Waals surface area contributed by atoms with Crippen molar-refractivity contribution in [1.82, 2.24) is 19.5 Å². The van der Waals surface area contributed by atoms with Crippen LogP contribution in [0.25, 0.3) is 16.9 Å². The summed E-state index contributed by atoms with van der Waals surface area (Å²) in [5.74, 6) is -0.564. The Morgan fingerprint density at radius 2 is 1.63 bits per heavy atom. The molecule has 11 heteroatoms. The molecule has 3 N–H and O–H groups in total. The largest absolute Gasteiger partial charge is 0.416 e. The van der Waals surface area contributed by atoms with E-state index in [1.165, 1.54) is 18.2 Å². The van der Waals surface area contributed by atoms with Gasteiger partial charge in [-0.05, 0) is 36.4 Å². The molecule has 0 atom stereocenters. The Bertz CT molecular complexity index is 1200. The zero-order chi connectivity index (χ0) is 21.5. The molecule has 0 saturated heterocycles. The summed E-state index contributed by atoms with van der Waals surface area (Å²) in [6.45, 7) is 0. The van der Waals surface area contributed by atoms with E-state index in [9.17, 15) is 22.0 Å². The lowest BCUT2D eigenvalue weighted by Gasteiger charge is -2.12. The lowest BCUT2D eigenvalue weighted by molar-refractivity contribution is -0.137. The second-order valence-corrected chi connectivity index (χ2v) is 6.27. The molecule has 0 aliphatic rings. The molecule has 2 aromatic heterocycles. The summed E-state index contributed by atoms with van der Waals surface area (Å²) in [4.78, 5) is 12.1. The molecule has 2 aromatic carbocycles. The Labute approximate surface area is 166 Å². The Morgan fingerprint density at radius 1 is 0.933 bits per heavy atom. The summed E-state index contributed by atoms with van der Waals surface area (Å²) in [6.07, 6.45) is -7.34. The summed E-state index contributed by atoms with van der Waals surface area (Å²) < 4.78 is 66.4. The molecule has 4 aromatic rings. The number of nitrogens with two attached hydrogens (primary N) is 1. The number of benzene rings is 2. The number of fused-ring (bicyclic) bond motifs is 1. The predicted molar refractivity (Wildman–Crippen MR) is 101 cm³/mol. The van der Waals surface area contributed by atoms with Crippen LogP contribution in [-0.2, 0) is 6.18 Å². The molecular weight excluding hydrogens is 407 g/mol. The van der Waals surface area contributed by atoms with Gasteiger partial charge in [0, 0.05) is 11.8 Å². The fraction of sp³-hybridized carbons (Fsp3) is 0.105. The number of aromatic nitrogens is 4. The highest BCUT2D eigenvalue weighted by Crippen LogP contribution is 2.31. The molecule has 6 nitrogen and oxygen atoms in total. The molecule has 0 bridgehead atoms. The number of nitrogens with one attached hydrogen (secondary N) is 1. The summed E-state index contributed by atoms with van der Waals surface area (Å²) in [6, 6.07) is 12.0. The first-order valence-corrected chi connectivity index (χ1v) is 8.57. The zero-order valence-electron chi connectivity index (χ0n) is 15.0. The molecule has 0 fully saturated rings. The second-order valence-electron chi connectivity index (χ2n) is 6.27. The Kier molecular flexibility index (Phi) is 4.72. The number of hydrogen-bond donors (Lipinski definition) is 2. The number of nitrogens with zero attached hydrogens (tertiary/aromatic N) is 4. The van der Waals surface area contributed by atoms with E-state index in [1.54, 1.807) is 24.3 Å². The third kappa shape index (κ3) is 3.73. The third-order valence-corrected chi connectivity index (χ3v) is 4.21. The smallest absolute Gasteiger partial charge is 0.383 e. The first-order valence-electron chi connectivity index (χ1n) is 8.57. The monoisotopic (exact) mass is 420 g/mol. The Morgan fingerprint density at radius 3 is 2.30 bits per heavy atom. The first kappa shape index (κ1) is 19.6. The Hall–Kier alpha value is -3.76. The van der Waals surface area contributed by atoms with Crippen LogP contribution in [0, 0.1) is 0 Å². The number of nitrogen functional groups attached to an aromatic ring is 1. The molecular formula is C19H13F5N6. The molecule has 0 aliphatic heterocycles. The number of rotatable bonds is 4. The average molecular weight is 420 g/mol. The van der Waals surface area contributed by atoms with Gasteiger partial charge >= 0.3 is 6.18 Å². The van der Waals surface area contributed by atoms with Crippen molar-refractivity contribution in [2.24, 2.45) is 0 Å². The van der Waals surface area contributed by atoms with E-state index in [0.29, 0.717) is 11.0 Å². The van der Waals surface area contributed by atoms with Crippen LogP contribution in [0.4, 0.5) is 39.4 Å². The van der Waals surface area contributed by atoms with Gasteiger partial charge in [-0.15, -0.1) is 0 Å². The second kappa shape index (κ2) is 7.25. The molecule has 4 rings (SSSR count). The highest BCUT2D eigenvalue weighted by Gasteiger charge is 2.30. The fourth-order valence-electron chi connectivity index (χ4n) is 2.93. The zero-order valence-corrected chi connectivity index (χ0v) is 15.0. The van der Waals surface area contributed by atoms with E-state index in [-0.39, 0.29) is 23.3 Å². The van der Waals surface area contributed by atoms with Crippen molar-refractivity contribution in [3.8, 4) is 5.82 Å². The minimum atomic E-state index is -4.46. The minimum Gasteiger partial charge on any atom is -0.383 e. The lowest BCUT2D eigenvalue weighted by atomic mass is 10.2. The van der Waals surface area contributed by atoms with E-state index < -0.39 is 24.0 Å². The van der Waals surface area contributed by atoms with Gasteiger partial charge in [0.1, 0.15) is 11.6 Å². The normalized spacial score (nSPS) is 11.9. The van der Waals surface area contributed by atoms with E-state index in [1.807, 2.05) is 0 Å². The first-order chi connectivity index (χ1) is 14.2. The highest BCUT2D eigenvalue weighted by molar-refractivity contribution is 5.78. The fourth-order valence-corrected chi connectivity index (χ4v) is 2.93. The van der Waals surface area contributed by atoms with Crippen LogP contribution >= 0.6 is 0 Å². The van der Waals surface area contributed by atoms with Crippen molar-refractivity contribution in [1.29, 1.82) is 0 Å². The van der Waals surface area contributed by atoms with Crippen LogP contribution in [-0.4, -0.2) is 19.5 Å². The van der Waals surface area contributed by atoms with Gasteiger partial charge in [0.2, 0.25) is 5.95 Å². The summed E-state index contributed by atoms with van der Waals surface area (Å²) in [5.41, 5.74) is 6.01. The SMILES string of the molecule is Nc1cc(-n2c(C(F)F)nc3ccccc32)nc(Nc2ccc(C(F)(F)F)cc2)n1. The molecule has 154 valence electrons. The van der Waals surface area contributed by atoms with Crippen LogP contribution in [0.1, 0.15) is 17.8 Å². The topological polar surface area (TPSA) is 81.7 Å². The van der Waals surface area contributed by atoms with Gasteiger partial charge in [0.25, 0.3) is 6.43 Å². The van der Waals surface area contributed by atoms with Crippen LogP contribution in [0.2, 0.25) is 0 Å². The quantitative estimate of drug-likeness (QED) is 0.449. The number of alkyl halides is 5. The molecule has 0 spiro atoms. The van der Waals surface area contributed by atoms with Crippen molar-refractivity contribution >= 4 is 28.5 Å². The molecule has 0 saturated carbocycles. The van der Waals surface area contributed by atoms with Crippen molar-refractivity contribution in [3.05, 3.63) is 66.0 Å². The average Bonchev–Trinajstić information content (AvgIpc) is 3.07. The highest BCUT2D eigenvalue weighted by atomic mass is 19.4. The molecule has 2 heterocycles. The third-order valence-electron chi connectivity index (χ3n) is 4.21. The van der Waals surface area contributed by atoms with Crippen LogP contribution in [0.3, 0.4) is 0 Å². The van der Waals surface area contributed by atoms with E-state index in [4.69, 9.17) is 5.73 Å². The van der Waals surface area contributed by atoms with E-state index >= 15 is 0 Å². The van der Waals surface area contributed by atoms with E-state index in [2.05, 4.69) is 20.3 Å². The van der Waals surface area contributed by atoms with Crippen molar-refractivity contribution in [2.75, 3.05) is 11.1 Å². The molecule has 0 aliphatic carbocycles. The van der Waals surface area contributed by atoms with Crippen molar-refractivity contribution in [3.63, 3.8) is 0 Å². The van der Waals surface area contributed by atoms with Crippen LogP contribution in [0.5, 0.6) is 0 Å². The number of hydrogen-bond acceptors (Lipinski definition) is 5. The minimum absolute atomic E-state index is 0.0209. The maximum Gasteiger partial charge on any atom is 0.416 e. The van der Waals surface area contributed by atoms with Gasteiger partial charge < -0.3 is 11.1 Å². The van der Waals surface area contributed by atoms with Crippen LogP contribution < -0.4 is 11.1 Å². The number of halogens is 5. The summed E-state index contributed by atoms with van der Waals surface area (Å²) in [7, 11) is 0. The maximum absolute atomic E-state index is 13.6. The van der Waals surface area contributed by atoms with Gasteiger partial charge in [-0.25, -0.2) is 13.8 Å². The number of para-hydroxylation sites is 2. The summed E-state index contributed by atoms with van der Waals surface area (Å²) in [5, 5.41) is 2.73. The standard InChI is InChI=1S/C19H13F5N6/c20-16(21)17-27-12-3-1-2-4-13(12)30(17)15-9-14(25)28-18(29-15)26-11-7-5-10(6-8-11)19(22,23)24/h1-9,16H,(H3,25,26,28,29). The lowest BCUT2D eigenvalue weighted by Crippen LogP contribution is -2.09. The number of imidazole rings is 1. The van der Waals surface area contributed by atoms with E-state index in [0.717, 1.165) is 16.7 Å². The predicted octanol–water partition coefficient (Wildman–Crippen LogP) is 5.10. The molecule has 0 radical (unpaired) electrons. The van der Waals surface area contributed by atoms with Crippen molar-refractivity contribution in [2.45, 2.75) is 12.6 Å². The number of anilines is 3. The van der Waals surface area contributed by atoms with Crippen molar-refractivity contribution < 1.29 is 22.0 Å². The summed E-state index contributed by atoms with van der Waals surface area (Å²) >= 11 is 0. The van der Waals surface area contributed by atoms with Gasteiger partial charge in [-0.2, -0.15) is 23.1 Å². The van der Waals surface area contributed by atoms with Crippen LogP contribution in [0.15, 0.2) is 54.6 Å². The van der Waals surface area contributed by atoms with Gasteiger partial charge in [-0.3, -0.25) is 4.57 Å². The Balaban J connectivity index is 1.75. The molecule has 0 amide bonds. The maximum atomic E-state index is 13.6. The van der Waals surface area contributed by atoms with Gasteiger partial charge in [-0.1, -0.05) is 12.1 Å². The van der Waals surface area contributed by atoms with Gasteiger partial charge in [0.05, 0.1) is 16.6 Å². The molecule has 30 heavy (non-hydrogen) atoms.